The molecule has 2 heterocycles. The Morgan fingerprint density at radius 2 is 1.97 bits per heavy atom. The van der Waals surface area contributed by atoms with Gasteiger partial charge in [-0.2, -0.15) is 5.10 Å². The van der Waals surface area contributed by atoms with Gasteiger partial charge in [0.1, 0.15) is 17.1 Å². The second-order valence-electron chi connectivity index (χ2n) is 9.12. The number of halogens is 1. The van der Waals surface area contributed by atoms with Crippen LogP contribution in [-0.4, -0.2) is 45.8 Å². The van der Waals surface area contributed by atoms with Gasteiger partial charge < -0.3 is 10.1 Å². The molecular formula is C24H29FN4O4. The summed E-state index contributed by atoms with van der Waals surface area (Å²) in [6.07, 6.45) is 3.80. The minimum atomic E-state index is -1.38. The molecular weight excluding hydrogens is 427 g/mol. The number of esters is 1. The van der Waals surface area contributed by atoms with Crippen molar-refractivity contribution in [3.05, 3.63) is 47.5 Å². The quantitative estimate of drug-likeness (QED) is 0.697. The van der Waals surface area contributed by atoms with Crippen LogP contribution < -0.4 is 10.2 Å². The summed E-state index contributed by atoms with van der Waals surface area (Å²) in [5, 5.41) is 7.35. The lowest BCUT2D eigenvalue weighted by molar-refractivity contribution is -0.127. The number of nitrogens with one attached hydrogen (secondary N) is 1. The van der Waals surface area contributed by atoms with Gasteiger partial charge in [-0.25, -0.2) is 9.18 Å². The summed E-state index contributed by atoms with van der Waals surface area (Å²) in [7, 11) is 0. The van der Waals surface area contributed by atoms with Gasteiger partial charge in [0.2, 0.25) is 5.91 Å². The summed E-state index contributed by atoms with van der Waals surface area (Å²) in [6, 6.07) is 6.96. The molecule has 4 rings (SSSR count). The van der Waals surface area contributed by atoms with Crippen LogP contribution in [0.1, 0.15) is 67.4 Å². The Balaban J connectivity index is 1.72. The molecule has 9 heteroatoms. The molecule has 0 unspecified atom stereocenters. The van der Waals surface area contributed by atoms with Crippen molar-refractivity contribution in [3.8, 4) is 0 Å². The van der Waals surface area contributed by atoms with Gasteiger partial charge in [0.05, 0.1) is 13.2 Å². The summed E-state index contributed by atoms with van der Waals surface area (Å²) in [5.41, 5.74) is -0.983. The van der Waals surface area contributed by atoms with E-state index in [1.165, 1.54) is 33.8 Å². The predicted molar refractivity (Wildman–Crippen MR) is 119 cm³/mol. The first-order chi connectivity index (χ1) is 15.7. The van der Waals surface area contributed by atoms with Gasteiger partial charge in [-0.05, 0) is 63.6 Å². The summed E-state index contributed by atoms with van der Waals surface area (Å²) in [4.78, 5) is 40.7. The highest BCUT2D eigenvalue weighted by molar-refractivity contribution is 6.12. The van der Waals surface area contributed by atoms with Crippen LogP contribution in [0.25, 0.3) is 0 Å². The van der Waals surface area contributed by atoms with E-state index in [0.717, 1.165) is 25.7 Å². The van der Waals surface area contributed by atoms with Crippen molar-refractivity contribution in [2.45, 2.75) is 64.6 Å². The number of carbonyl (C=O) groups is 3. The van der Waals surface area contributed by atoms with Crippen LogP contribution in [0.2, 0.25) is 0 Å². The van der Waals surface area contributed by atoms with Gasteiger partial charge in [0.15, 0.2) is 5.69 Å². The molecule has 8 nitrogen and oxygen atoms in total. The van der Waals surface area contributed by atoms with E-state index in [-0.39, 0.29) is 42.2 Å². The molecule has 0 bridgehead atoms. The summed E-state index contributed by atoms with van der Waals surface area (Å²) < 4.78 is 20.5. The normalized spacial score (nSPS) is 24.8. The molecule has 2 amide bonds. The number of aromatic nitrogens is 2. The van der Waals surface area contributed by atoms with Crippen molar-refractivity contribution < 1.29 is 23.5 Å². The summed E-state index contributed by atoms with van der Waals surface area (Å²) >= 11 is 0. The van der Waals surface area contributed by atoms with E-state index < -0.39 is 23.2 Å². The number of amides is 2. The Morgan fingerprint density at radius 1 is 1.24 bits per heavy atom. The van der Waals surface area contributed by atoms with E-state index in [0.29, 0.717) is 5.92 Å². The van der Waals surface area contributed by atoms with Crippen molar-refractivity contribution in [1.29, 1.82) is 0 Å². The standard InChI is InChI=1S/C24H29FN4O4/c1-4-33-22(31)19-13-20-21(30)29(18-7-5-6-16(25)12-18)24(3,14-28(20)27-19)23(32)26-17-10-8-15(2)9-11-17/h5-7,12-13,15,17H,4,8-11,14H2,1-3H3,(H,26,32)/t15?,17?,24-/m1/s1. The molecule has 0 radical (unpaired) electrons. The molecule has 1 fully saturated rings. The highest BCUT2D eigenvalue weighted by Gasteiger charge is 2.49. The van der Waals surface area contributed by atoms with Gasteiger partial charge in [0, 0.05) is 17.8 Å². The zero-order chi connectivity index (χ0) is 23.8. The van der Waals surface area contributed by atoms with Crippen LogP contribution in [0.15, 0.2) is 30.3 Å². The summed E-state index contributed by atoms with van der Waals surface area (Å²) in [6.45, 7) is 5.71. The highest BCUT2D eigenvalue weighted by atomic mass is 19.1. The molecule has 1 atom stereocenters. The minimum absolute atomic E-state index is 0.00896. The first-order valence-corrected chi connectivity index (χ1v) is 11.4. The number of hydrogen-bond donors (Lipinski definition) is 1. The second-order valence-corrected chi connectivity index (χ2v) is 9.12. The van der Waals surface area contributed by atoms with Gasteiger partial charge in [-0.1, -0.05) is 13.0 Å². The van der Waals surface area contributed by atoms with Gasteiger partial charge in [-0.3, -0.25) is 19.2 Å². The molecule has 0 saturated heterocycles. The Bertz CT molecular complexity index is 1080. The van der Waals surface area contributed by atoms with Crippen LogP contribution in [0.5, 0.6) is 0 Å². The largest absolute Gasteiger partial charge is 0.461 e. The minimum Gasteiger partial charge on any atom is -0.461 e. The van der Waals surface area contributed by atoms with Crippen molar-refractivity contribution in [1.82, 2.24) is 15.1 Å². The lowest BCUT2D eigenvalue weighted by Crippen LogP contribution is -2.65. The molecule has 33 heavy (non-hydrogen) atoms. The Morgan fingerprint density at radius 3 is 2.64 bits per heavy atom. The fourth-order valence-electron chi connectivity index (χ4n) is 4.65. The Labute approximate surface area is 192 Å². The first-order valence-electron chi connectivity index (χ1n) is 11.4. The monoisotopic (exact) mass is 456 g/mol. The molecule has 1 aromatic carbocycles. The number of fused-ring (bicyclic) bond motifs is 1. The molecule has 2 aliphatic rings. The van der Waals surface area contributed by atoms with Crippen molar-refractivity contribution in [2.75, 3.05) is 11.5 Å². The number of hydrogen-bond acceptors (Lipinski definition) is 5. The highest BCUT2D eigenvalue weighted by Crippen LogP contribution is 2.34. The lowest BCUT2D eigenvalue weighted by atomic mass is 9.86. The zero-order valence-corrected chi connectivity index (χ0v) is 19.1. The maximum absolute atomic E-state index is 14.1. The van der Waals surface area contributed by atoms with E-state index in [1.54, 1.807) is 19.9 Å². The number of ether oxygens (including phenoxy) is 1. The van der Waals surface area contributed by atoms with E-state index >= 15 is 0 Å². The van der Waals surface area contributed by atoms with Crippen LogP contribution in [0.4, 0.5) is 10.1 Å². The van der Waals surface area contributed by atoms with Gasteiger partial charge in [-0.15, -0.1) is 0 Å². The molecule has 176 valence electrons. The SMILES string of the molecule is CCOC(=O)c1cc2n(n1)C[C@](C)(C(=O)NC1CCC(C)CC1)N(c1cccc(F)c1)C2=O. The molecule has 1 aliphatic carbocycles. The zero-order valence-electron chi connectivity index (χ0n) is 19.1. The van der Waals surface area contributed by atoms with E-state index in [4.69, 9.17) is 4.74 Å². The molecule has 0 spiro atoms. The number of rotatable bonds is 5. The van der Waals surface area contributed by atoms with Crippen molar-refractivity contribution in [2.24, 2.45) is 5.92 Å². The molecule has 1 N–H and O–H groups in total. The Hall–Kier alpha value is -3.23. The van der Waals surface area contributed by atoms with Gasteiger partial charge in [0.25, 0.3) is 5.91 Å². The van der Waals surface area contributed by atoms with E-state index in [1.807, 2.05) is 0 Å². The number of benzene rings is 1. The third-order valence-corrected chi connectivity index (χ3v) is 6.54. The van der Waals surface area contributed by atoms with Crippen LogP contribution >= 0.6 is 0 Å². The van der Waals surface area contributed by atoms with Crippen LogP contribution in [0.3, 0.4) is 0 Å². The topological polar surface area (TPSA) is 93.5 Å². The number of anilines is 1. The van der Waals surface area contributed by atoms with Crippen LogP contribution in [-0.2, 0) is 16.1 Å². The average molecular weight is 457 g/mol. The third kappa shape index (κ3) is 4.36. The number of nitrogens with zero attached hydrogens (tertiary/aromatic N) is 3. The molecule has 1 aromatic heterocycles. The fourth-order valence-corrected chi connectivity index (χ4v) is 4.65. The number of carbonyl (C=O) groups excluding carboxylic acids is 3. The average Bonchev–Trinajstić information content (AvgIpc) is 3.20. The molecule has 1 aliphatic heterocycles. The van der Waals surface area contributed by atoms with Crippen molar-refractivity contribution in [3.63, 3.8) is 0 Å². The maximum Gasteiger partial charge on any atom is 0.358 e. The van der Waals surface area contributed by atoms with E-state index in [2.05, 4.69) is 17.3 Å². The van der Waals surface area contributed by atoms with Crippen molar-refractivity contribution >= 4 is 23.5 Å². The second kappa shape index (κ2) is 8.96. The fraction of sp³-hybridized carbons (Fsp3) is 0.500. The molecule has 2 aromatic rings. The van der Waals surface area contributed by atoms with Gasteiger partial charge >= 0.3 is 5.97 Å². The Kier molecular flexibility index (Phi) is 6.23. The first kappa shape index (κ1) is 22.9. The summed E-state index contributed by atoms with van der Waals surface area (Å²) in [5.74, 6) is -1.41. The third-order valence-electron chi connectivity index (χ3n) is 6.54. The van der Waals surface area contributed by atoms with E-state index in [9.17, 15) is 18.8 Å². The molecule has 1 saturated carbocycles. The maximum atomic E-state index is 14.1. The lowest BCUT2D eigenvalue weighted by Gasteiger charge is -2.44. The smallest absolute Gasteiger partial charge is 0.358 e. The predicted octanol–water partition coefficient (Wildman–Crippen LogP) is 3.31. The van der Waals surface area contributed by atoms with Crippen LogP contribution in [0, 0.1) is 11.7 Å².